The van der Waals surface area contributed by atoms with E-state index < -0.39 is 0 Å². The maximum atomic E-state index is 11.4. The van der Waals surface area contributed by atoms with Crippen LogP contribution < -0.4 is 5.32 Å². The Morgan fingerprint density at radius 3 is 2.79 bits per heavy atom. The Morgan fingerprint density at radius 2 is 2.29 bits per heavy atom. The summed E-state index contributed by atoms with van der Waals surface area (Å²) in [6, 6.07) is 0. The highest BCUT2D eigenvalue weighted by Crippen LogP contribution is 2.17. The van der Waals surface area contributed by atoms with Gasteiger partial charge in [-0.2, -0.15) is 0 Å². The van der Waals surface area contributed by atoms with E-state index in [9.17, 15) is 4.79 Å². The Bertz CT molecular complexity index is 305. The fourth-order valence-corrected chi connectivity index (χ4v) is 1.16. The lowest BCUT2D eigenvalue weighted by Gasteiger charge is -1.99. The van der Waals surface area contributed by atoms with Gasteiger partial charge in [0.1, 0.15) is 5.15 Å². The number of H-pyrrole nitrogens is 1. The summed E-state index contributed by atoms with van der Waals surface area (Å²) >= 11 is 11.2. The van der Waals surface area contributed by atoms with Crippen LogP contribution in [0.25, 0.3) is 0 Å². The minimum atomic E-state index is -0.285. The highest BCUT2D eigenvalue weighted by atomic mass is 35.5. The van der Waals surface area contributed by atoms with Crippen LogP contribution >= 0.6 is 23.2 Å². The van der Waals surface area contributed by atoms with Crippen LogP contribution in [0.5, 0.6) is 0 Å². The first-order valence-corrected chi connectivity index (χ1v) is 5.10. The van der Waals surface area contributed by atoms with Crippen molar-refractivity contribution < 1.29 is 4.79 Å². The first kappa shape index (κ1) is 11.3. The van der Waals surface area contributed by atoms with Gasteiger partial charge in [0.25, 0.3) is 5.91 Å². The fourth-order valence-electron chi connectivity index (χ4n) is 0.901. The van der Waals surface area contributed by atoms with Crippen molar-refractivity contribution in [3.05, 3.63) is 16.1 Å². The van der Waals surface area contributed by atoms with Crippen molar-refractivity contribution in [2.75, 3.05) is 6.54 Å². The van der Waals surface area contributed by atoms with E-state index in [1.54, 1.807) is 0 Å². The average Bonchev–Trinajstić information content (AvgIpc) is 2.47. The molecule has 78 valence electrons. The van der Waals surface area contributed by atoms with Crippen LogP contribution in [0.4, 0.5) is 0 Å². The lowest BCUT2D eigenvalue weighted by atomic mass is 10.3. The molecule has 4 nitrogen and oxygen atoms in total. The molecule has 1 amide bonds. The Morgan fingerprint density at radius 1 is 1.57 bits per heavy atom. The van der Waals surface area contributed by atoms with Crippen molar-refractivity contribution >= 4 is 29.1 Å². The summed E-state index contributed by atoms with van der Waals surface area (Å²) in [6.45, 7) is 2.68. The van der Waals surface area contributed by atoms with Crippen LogP contribution in [-0.2, 0) is 0 Å². The Labute approximate surface area is 92.0 Å². The van der Waals surface area contributed by atoms with Gasteiger partial charge in [-0.3, -0.25) is 4.79 Å². The van der Waals surface area contributed by atoms with Crippen molar-refractivity contribution in [3.63, 3.8) is 0 Å². The summed E-state index contributed by atoms with van der Waals surface area (Å²) < 4.78 is 0. The van der Waals surface area contributed by atoms with Crippen LogP contribution in [-0.4, -0.2) is 22.4 Å². The van der Waals surface area contributed by atoms with E-state index in [4.69, 9.17) is 23.2 Å². The molecule has 0 aliphatic rings. The number of nitrogens with one attached hydrogen (secondary N) is 2. The smallest absolute Gasteiger partial charge is 0.287 e. The molecule has 0 radical (unpaired) electrons. The van der Waals surface area contributed by atoms with Crippen LogP contribution in [0.2, 0.25) is 10.3 Å². The first-order chi connectivity index (χ1) is 6.65. The molecule has 0 bridgehead atoms. The van der Waals surface area contributed by atoms with E-state index in [2.05, 4.69) is 15.3 Å². The summed E-state index contributed by atoms with van der Waals surface area (Å²) in [5, 5.41) is 3.00. The molecule has 14 heavy (non-hydrogen) atoms. The number of nitrogens with zero attached hydrogens (tertiary/aromatic N) is 1. The molecular weight excluding hydrogens is 225 g/mol. The van der Waals surface area contributed by atoms with Gasteiger partial charge < -0.3 is 10.3 Å². The normalized spacial score (nSPS) is 10.2. The number of rotatable bonds is 4. The van der Waals surface area contributed by atoms with Crippen LogP contribution in [0.3, 0.4) is 0 Å². The fraction of sp³-hybridized carbons (Fsp3) is 0.500. The lowest BCUT2D eigenvalue weighted by molar-refractivity contribution is 0.0944. The molecule has 0 fully saturated rings. The van der Waals surface area contributed by atoms with Gasteiger partial charge in [-0.25, -0.2) is 4.98 Å². The van der Waals surface area contributed by atoms with Crippen molar-refractivity contribution in [3.8, 4) is 0 Å². The second-order valence-electron chi connectivity index (χ2n) is 2.80. The summed E-state index contributed by atoms with van der Waals surface area (Å²) in [5.74, 6) is -0.136. The van der Waals surface area contributed by atoms with Gasteiger partial charge in [-0.1, -0.05) is 36.5 Å². The van der Waals surface area contributed by atoms with E-state index in [1.807, 2.05) is 6.92 Å². The molecular formula is C8H11Cl2N3O. The van der Waals surface area contributed by atoms with Gasteiger partial charge in [0, 0.05) is 6.54 Å². The predicted molar refractivity (Wildman–Crippen MR) is 55.8 cm³/mol. The summed E-state index contributed by atoms with van der Waals surface area (Å²) in [4.78, 5) is 17.7. The number of unbranched alkanes of at least 4 members (excludes halogenated alkanes) is 1. The van der Waals surface area contributed by atoms with Gasteiger partial charge in [-0.15, -0.1) is 0 Å². The van der Waals surface area contributed by atoms with E-state index in [0.29, 0.717) is 6.54 Å². The minimum Gasteiger partial charge on any atom is -0.349 e. The lowest BCUT2D eigenvalue weighted by Crippen LogP contribution is -2.25. The molecule has 1 aromatic heterocycles. The van der Waals surface area contributed by atoms with Crippen molar-refractivity contribution in [2.24, 2.45) is 0 Å². The van der Waals surface area contributed by atoms with Crippen LogP contribution in [0, 0.1) is 0 Å². The predicted octanol–water partition coefficient (Wildman–Crippen LogP) is 2.25. The average molecular weight is 236 g/mol. The number of aromatic amines is 1. The molecule has 1 heterocycles. The molecule has 0 saturated heterocycles. The van der Waals surface area contributed by atoms with E-state index in [1.165, 1.54) is 0 Å². The van der Waals surface area contributed by atoms with Crippen molar-refractivity contribution in [1.82, 2.24) is 15.3 Å². The number of hydrogen-bond donors (Lipinski definition) is 2. The molecule has 0 aromatic carbocycles. The minimum absolute atomic E-state index is 0.118. The number of imidazole rings is 1. The Kier molecular flexibility index (Phi) is 4.22. The van der Waals surface area contributed by atoms with Gasteiger partial charge in [0.15, 0.2) is 11.0 Å². The highest BCUT2D eigenvalue weighted by Gasteiger charge is 2.12. The zero-order valence-electron chi connectivity index (χ0n) is 7.73. The Balaban J connectivity index is 2.52. The van der Waals surface area contributed by atoms with E-state index in [0.717, 1.165) is 12.8 Å². The maximum absolute atomic E-state index is 11.4. The number of hydrogen-bond acceptors (Lipinski definition) is 2. The third-order valence-corrected chi connectivity index (χ3v) is 2.29. The van der Waals surface area contributed by atoms with Gasteiger partial charge in [0.05, 0.1) is 0 Å². The molecule has 1 aromatic rings. The maximum Gasteiger partial charge on any atom is 0.287 e. The summed E-state index contributed by atoms with van der Waals surface area (Å²) in [5.41, 5.74) is 0. The van der Waals surface area contributed by atoms with Crippen molar-refractivity contribution in [1.29, 1.82) is 0 Å². The van der Waals surface area contributed by atoms with Gasteiger partial charge >= 0.3 is 0 Å². The molecule has 0 unspecified atom stereocenters. The second-order valence-corrected chi connectivity index (χ2v) is 3.54. The van der Waals surface area contributed by atoms with Gasteiger partial charge in [0.2, 0.25) is 0 Å². The molecule has 6 heteroatoms. The molecule has 0 spiro atoms. The quantitative estimate of drug-likeness (QED) is 0.787. The molecule has 0 aliphatic carbocycles. The summed E-state index contributed by atoms with van der Waals surface area (Å²) in [7, 11) is 0. The van der Waals surface area contributed by atoms with Crippen LogP contribution in [0.15, 0.2) is 0 Å². The molecule has 2 N–H and O–H groups in total. The molecule has 0 saturated carbocycles. The SMILES string of the molecule is CCCCNC(=O)c1nc(Cl)c(Cl)[nH]1. The number of halogens is 2. The zero-order valence-corrected chi connectivity index (χ0v) is 9.24. The van der Waals surface area contributed by atoms with Crippen molar-refractivity contribution in [2.45, 2.75) is 19.8 Å². The zero-order chi connectivity index (χ0) is 10.6. The van der Waals surface area contributed by atoms with Gasteiger partial charge in [-0.05, 0) is 6.42 Å². The number of carbonyl (C=O) groups excluding carboxylic acids is 1. The number of amides is 1. The molecule has 1 rings (SSSR count). The monoisotopic (exact) mass is 235 g/mol. The molecule has 0 atom stereocenters. The third-order valence-electron chi connectivity index (χ3n) is 1.65. The van der Waals surface area contributed by atoms with E-state index >= 15 is 0 Å². The molecule has 0 aliphatic heterocycles. The highest BCUT2D eigenvalue weighted by molar-refractivity contribution is 6.40. The number of aromatic nitrogens is 2. The third kappa shape index (κ3) is 2.89. The first-order valence-electron chi connectivity index (χ1n) is 4.34. The standard InChI is InChI=1S/C8H11Cl2N3O/c1-2-3-4-11-8(14)7-12-5(9)6(10)13-7/h2-4H2,1H3,(H,11,14)(H,12,13). The summed E-state index contributed by atoms with van der Waals surface area (Å²) in [6.07, 6.45) is 1.97. The second kappa shape index (κ2) is 5.22. The Hall–Kier alpha value is -0.740. The topological polar surface area (TPSA) is 57.8 Å². The van der Waals surface area contributed by atoms with Crippen LogP contribution in [0.1, 0.15) is 30.4 Å². The van der Waals surface area contributed by atoms with E-state index in [-0.39, 0.29) is 22.0 Å². The largest absolute Gasteiger partial charge is 0.349 e. The number of carbonyl (C=O) groups is 1.